The molecule has 1 heterocycles. The molecular weight excluding hydrogens is 246 g/mol. The number of likely N-dealkylation sites (tertiary alicyclic amines) is 1. The lowest BCUT2D eigenvalue weighted by molar-refractivity contribution is -0.131. The second-order valence-electron chi connectivity index (χ2n) is 4.97. The molecule has 1 fully saturated rings. The van der Waals surface area contributed by atoms with Crippen molar-refractivity contribution in [3.05, 3.63) is 0 Å². The Balaban J connectivity index is 2.11. The Hall–Kier alpha value is -1.14. The van der Waals surface area contributed by atoms with Crippen molar-refractivity contribution in [1.29, 1.82) is 0 Å². The minimum absolute atomic E-state index is 0.0166. The lowest BCUT2D eigenvalue weighted by Gasteiger charge is -2.26. The second kappa shape index (κ2) is 8.87. The molecule has 6 nitrogen and oxygen atoms in total. The Morgan fingerprint density at radius 2 is 1.89 bits per heavy atom. The van der Waals surface area contributed by atoms with Crippen LogP contribution >= 0.6 is 0 Å². The van der Waals surface area contributed by atoms with Crippen LogP contribution < -0.4 is 10.6 Å². The molecule has 110 valence electrons. The maximum atomic E-state index is 11.8. The highest BCUT2D eigenvalue weighted by molar-refractivity contribution is 5.81. The van der Waals surface area contributed by atoms with Crippen molar-refractivity contribution >= 4 is 11.8 Å². The molecule has 1 aliphatic heterocycles. The maximum absolute atomic E-state index is 11.8. The fourth-order valence-corrected chi connectivity index (χ4v) is 2.16. The zero-order chi connectivity index (χ0) is 14.1. The van der Waals surface area contributed by atoms with Crippen molar-refractivity contribution in [2.75, 3.05) is 39.9 Å². The van der Waals surface area contributed by atoms with Gasteiger partial charge in [-0.05, 0) is 26.2 Å². The lowest BCUT2D eigenvalue weighted by atomic mass is 10.1. The fraction of sp³-hybridized carbons (Fsp3) is 0.846. The van der Waals surface area contributed by atoms with Gasteiger partial charge in [-0.25, -0.2) is 0 Å². The van der Waals surface area contributed by atoms with E-state index in [1.165, 1.54) is 6.42 Å². The number of hydrogen-bond donors (Lipinski definition) is 2. The molecule has 19 heavy (non-hydrogen) atoms. The molecule has 0 aromatic heterocycles. The summed E-state index contributed by atoms with van der Waals surface area (Å²) in [5.41, 5.74) is 0. The fourth-order valence-electron chi connectivity index (χ4n) is 2.16. The molecule has 0 aromatic carbocycles. The third kappa shape index (κ3) is 6.54. The third-order valence-electron chi connectivity index (χ3n) is 3.09. The molecular formula is C13H25N3O3. The number of rotatable bonds is 7. The summed E-state index contributed by atoms with van der Waals surface area (Å²) in [4.78, 5) is 25.2. The monoisotopic (exact) mass is 271 g/mol. The van der Waals surface area contributed by atoms with Gasteiger partial charge in [0.25, 0.3) is 0 Å². The SMILES string of the molecule is COCC(C)NC(=O)CNCC(=O)N1CCCCC1. The van der Waals surface area contributed by atoms with Gasteiger partial charge in [0.1, 0.15) is 0 Å². The molecule has 6 heteroatoms. The van der Waals surface area contributed by atoms with Crippen molar-refractivity contribution in [3.8, 4) is 0 Å². The highest BCUT2D eigenvalue weighted by Gasteiger charge is 2.16. The van der Waals surface area contributed by atoms with E-state index >= 15 is 0 Å². The smallest absolute Gasteiger partial charge is 0.236 e. The van der Waals surface area contributed by atoms with Gasteiger partial charge in [0.15, 0.2) is 0 Å². The summed E-state index contributed by atoms with van der Waals surface area (Å²) in [5, 5.41) is 5.67. The number of amides is 2. The standard InChI is InChI=1S/C13H25N3O3/c1-11(10-19-2)15-12(17)8-14-9-13(18)16-6-4-3-5-7-16/h11,14H,3-10H2,1-2H3,(H,15,17). The summed E-state index contributed by atoms with van der Waals surface area (Å²) in [6, 6.07) is -0.0166. The van der Waals surface area contributed by atoms with Crippen molar-refractivity contribution in [2.24, 2.45) is 0 Å². The van der Waals surface area contributed by atoms with E-state index in [2.05, 4.69) is 10.6 Å². The Morgan fingerprint density at radius 3 is 2.53 bits per heavy atom. The third-order valence-corrected chi connectivity index (χ3v) is 3.09. The molecule has 0 aliphatic carbocycles. The quantitative estimate of drug-likeness (QED) is 0.669. The predicted molar refractivity (Wildman–Crippen MR) is 72.8 cm³/mol. The molecule has 1 unspecified atom stereocenters. The molecule has 2 amide bonds. The number of hydrogen-bond acceptors (Lipinski definition) is 4. The summed E-state index contributed by atoms with van der Waals surface area (Å²) in [5.74, 6) is -0.0339. The lowest BCUT2D eigenvalue weighted by Crippen LogP contribution is -2.45. The van der Waals surface area contributed by atoms with E-state index in [4.69, 9.17) is 4.74 Å². The van der Waals surface area contributed by atoms with E-state index in [-0.39, 0.29) is 30.9 Å². The molecule has 0 aromatic rings. The normalized spacial score (nSPS) is 17.1. The number of carbonyl (C=O) groups is 2. The van der Waals surface area contributed by atoms with Crippen molar-refractivity contribution in [2.45, 2.75) is 32.2 Å². The van der Waals surface area contributed by atoms with Crippen LogP contribution in [0.3, 0.4) is 0 Å². The van der Waals surface area contributed by atoms with Gasteiger partial charge in [0.05, 0.1) is 19.7 Å². The molecule has 0 spiro atoms. The number of carbonyl (C=O) groups excluding carboxylic acids is 2. The van der Waals surface area contributed by atoms with Gasteiger partial charge in [-0.15, -0.1) is 0 Å². The van der Waals surface area contributed by atoms with Crippen molar-refractivity contribution < 1.29 is 14.3 Å². The molecule has 2 N–H and O–H groups in total. The van der Waals surface area contributed by atoms with Crippen LogP contribution in [-0.4, -0.2) is 62.7 Å². The predicted octanol–water partition coefficient (Wildman–Crippen LogP) is -0.260. The number of nitrogens with one attached hydrogen (secondary N) is 2. The molecule has 0 radical (unpaired) electrons. The van der Waals surface area contributed by atoms with E-state index in [1.807, 2.05) is 11.8 Å². The number of methoxy groups -OCH3 is 1. The van der Waals surface area contributed by atoms with Crippen LogP contribution in [-0.2, 0) is 14.3 Å². The minimum Gasteiger partial charge on any atom is -0.383 e. The molecule has 1 atom stereocenters. The van der Waals surface area contributed by atoms with Crippen molar-refractivity contribution in [3.63, 3.8) is 0 Å². The van der Waals surface area contributed by atoms with Crippen molar-refractivity contribution in [1.82, 2.24) is 15.5 Å². The summed E-state index contributed by atoms with van der Waals surface area (Å²) in [6.45, 7) is 4.44. The topological polar surface area (TPSA) is 70.7 Å². The Labute approximate surface area is 114 Å². The van der Waals surface area contributed by atoms with Gasteiger partial charge < -0.3 is 15.0 Å². The molecule has 0 bridgehead atoms. The van der Waals surface area contributed by atoms with Crippen LogP contribution in [0.5, 0.6) is 0 Å². The van der Waals surface area contributed by atoms with Crippen LogP contribution in [0, 0.1) is 0 Å². The number of nitrogens with zero attached hydrogens (tertiary/aromatic N) is 1. The minimum atomic E-state index is -0.115. The first-order valence-electron chi connectivity index (χ1n) is 6.90. The van der Waals surface area contributed by atoms with Gasteiger partial charge in [-0.1, -0.05) is 0 Å². The molecule has 0 saturated carbocycles. The van der Waals surface area contributed by atoms with Gasteiger partial charge in [0.2, 0.25) is 11.8 Å². The summed E-state index contributed by atoms with van der Waals surface area (Å²) < 4.78 is 4.93. The van der Waals surface area contributed by atoms with Crippen LogP contribution in [0.2, 0.25) is 0 Å². The number of ether oxygens (including phenoxy) is 1. The Kier molecular flexibility index (Phi) is 7.43. The van der Waals surface area contributed by atoms with Crippen LogP contribution in [0.4, 0.5) is 0 Å². The van der Waals surface area contributed by atoms with E-state index in [1.54, 1.807) is 7.11 Å². The summed E-state index contributed by atoms with van der Waals surface area (Å²) in [7, 11) is 1.60. The number of piperidine rings is 1. The largest absolute Gasteiger partial charge is 0.383 e. The second-order valence-corrected chi connectivity index (χ2v) is 4.97. The van der Waals surface area contributed by atoms with E-state index in [9.17, 15) is 9.59 Å². The first kappa shape index (κ1) is 15.9. The molecule has 1 rings (SSSR count). The van der Waals surface area contributed by atoms with Crippen LogP contribution in [0.25, 0.3) is 0 Å². The van der Waals surface area contributed by atoms with Crippen LogP contribution in [0.15, 0.2) is 0 Å². The summed E-state index contributed by atoms with van der Waals surface area (Å²) >= 11 is 0. The Bertz CT molecular complexity index is 291. The molecule has 1 aliphatic rings. The van der Waals surface area contributed by atoms with Crippen LogP contribution in [0.1, 0.15) is 26.2 Å². The van der Waals surface area contributed by atoms with Gasteiger partial charge in [0, 0.05) is 26.2 Å². The van der Waals surface area contributed by atoms with Gasteiger partial charge >= 0.3 is 0 Å². The Morgan fingerprint density at radius 1 is 1.21 bits per heavy atom. The first-order chi connectivity index (χ1) is 9.13. The van der Waals surface area contributed by atoms with E-state index in [0.29, 0.717) is 6.61 Å². The van der Waals surface area contributed by atoms with E-state index in [0.717, 1.165) is 25.9 Å². The zero-order valence-electron chi connectivity index (χ0n) is 11.9. The average molecular weight is 271 g/mol. The maximum Gasteiger partial charge on any atom is 0.236 e. The first-order valence-corrected chi connectivity index (χ1v) is 6.90. The van der Waals surface area contributed by atoms with E-state index < -0.39 is 0 Å². The average Bonchev–Trinajstić information content (AvgIpc) is 2.39. The summed E-state index contributed by atoms with van der Waals surface area (Å²) in [6.07, 6.45) is 3.37. The molecule has 1 saturated heterocycles. The highest BCUT2D eigenvalue weighted by atomic mass is 16.5. The van der Waals surface area contributed by atoms with Gasteiger partial charge in [-0.3, -0.25) is 14.9 Å². The van der Waals surface area contributed by atoms with Gasteiger partial charge in [-0.2, -0.15) is 0 Å². The highest BCUT2D eigenvalue weighted by Crippen LogP contribution is 2.07. The zero-order valence-corrected chi connectivity index (χ0v) is 11.9.